The van der Waals surface area contributed by atoms with Gasteiger partial charge in [-0.1, -0.05) is 23.2 Å². The van der Waals surface area contributed by atoms with Gasteiger partial charge in [0.1, 0.15) is 12.4 Å². The highest BCUT2D eigenvalue weighted by molar-refractivity contribution is 6.42. The molecular weight excluding hydrogens is 363 g/mol. The molecule has 1 fully saturated rings. The molecule has 5 rings (SSSR count). The Labute approximate surface area is 152 Å². The molecule has 0 unspecified atom stereocenters. The summed E-state index contributed by atoms with van der Waals surface area (Å²) in [6, 6.07) is 5.33. The number of benzene rings is 1. The second-order valence-electron chi connectivity index (χ2n) is 5.89. The summed E-state index contributed by atoms with van der Waals surface area (Å²) >= 11 is 12.1. The summed E-state index contributed by atoms with van der Waals surface area (Å²) in [5, 5.41) is 14.8. The van der Waals surface area contributed by atoms with Crippen LogP contribution in [-0.2, 0) is 4.74 Å². The molecule has 0 N–H and O–H groups in total. The minimum atomic E-state index is -0.0284. The van der Waals surface area contributed by atoms with Crippen LogP contribution in [0, 0.1) is 0 Å². The summed E-state index contributed by atoms with van der Waals surface area (Å²) in [5.74, 6) is 0.782. The molecule has 9 heteroatoms. The van der Waals surface area contributed by atoms with E-state index in [1.165, 1.54) is 0 Å². The van der Waals surface area contributed by atoms with Crippen LogP contribution in [0.25, 0.3) is 22.4 Å². The lowest BCUT2D eigenvalue weighted by Gasteiger charge is -2.07. The van der Waals surface area contributed by atoms with E-state index in [1.807, 2.05) is 10.5 Å². The Morgan fingerprint density at radius 1 is 1.12 bits per heavy atom. The van der Waals surface area contributed by atoms with Crippen molar-refractivity contribution < 1.29 is 4.74 Å². The zero-order chi connectivity index (χ0) is 17.0. The highest BCUT2D eigenvalue weighted by atomic mass is 35.5. The molecule has 3 aromatic heterocycles. The minimum Gasteiger partial charge on any atom is -0.370 e. The number of fused-ring (bicyclic) bond motifs is 3. The van der Waals surface area contributed by atoms with Crippen LogP contribution in [0.15, 0.2) is 30.7 Å². The van der Waals surface area contributed by atoms with E-state index in [0.29, 0.717) is 21.3 Å². The first kappa shape index (κ1) is 15.1. The quantitative estimate of drug-likeness (QED) is 0.535. The van der Waals surface area contributed by atoms with Crippen molar-refractivity contribution in [1.29, 1.82) is 0 Å². The monoisotopic (exact) mass is 374 g/mol. The maximum atomic E-state index is 6.12. The third-order valence-corrected chi connectivity index (χ3v) is 5.11. The summed E-state index contributed by atoms with van der Waals surface area (Å²) < 4.78 is 9.30. The highest BCUT2D eigenvalue weighted by Crippen LogP contribution is 2.30. The van der Waals surface area contributed by atoms with Gasteiger partial charge < -0.3 is 4.74 Å². The lowest BCUT2D eigenvalue weighted by molar-refractivity contribution is 0.104. The largest absolute Gasteiger partial charge is 0.370 e. The van der Waals surface area contributed by atoms with Gasteiger partial charge in [0.2, 0.25) is 0 Å². The van der Waals surface area contributed by atoms with Gasteiger partial charge >= 0.3 is 0 Å². The summed E-state index contributed by atoms with van der Waals surface area (Å²) in [6.45, 7) is 0.754. The van der Waals surface area contributed by atoms with Crippen molar-refractivity contribution in [2.75, 3.05) is 6.61 Å². The second kappa shape index (κ2) is 5.66. The van der Waals surface area contributed by atoms with E-state index in [9.17, 15) is 0 Å². The number of nitrogens with zero attached hydrogens (tertiary/aromatic N) is 6. The van der Waals surface area contributed by atoms with Crippen LogP contribution in [0.1, 0.15) is 24.8 Å². The lowest BCUT2D eigenvalue weighted by Crippen LogP contribution is -2.04. The number of aromatic nitrogens is 6. The zero-order valence-corrected chi connectivity index (χ0v) is 14.4. The van der Waals surface area contributed by atoms with Gasteiger partial charge in [-0.15, -0.1) is 10.2 Å². The van der Waals surface area contributed by atoms with E-state index < -0.39 is 0 Å². The molecule has 0 bridgehead atoms. The minimum absolute atomic E-state index is 0.0284. The second-order valence-corrected chi connectivity index (χ2v) is 6.70. The van der Waals surface area contributed by atoms with Crippen LogP contribution in [-0.4, -0.2) is 36.0 Å². The first-order chi connectivity index (χ1) is 12.2. The van der Waals surface area contributed by atoms with Crippen molar-refractivity contribution in [1.82, 2.24) is 29.4 Å². The number of halogens is 2. The molecule has 1 atom stereocenters. The van der Waals surface area contributed by atoms with Gasteiger partial charge in [-0.3, -0.25) is 4.40 Å². The zero-order valence-electron chi connectivity index (χ0n) is 12.9. The van der Waals surface area contributed by atoms with Crippen LogP contribution in [0.5, 0.6) is 0 Å². The molecule has 1 aliphatic heterocycles. The predicted octanol–water partition coefficient (Wildman–Crippen LogP) is 3.62. The Balaban J connectivity index is 1.68. The Hall–Kier alpha value is -2.22. The third-order valence-electron chi connectivity index (χ3n) is 4.37. The van der Waals surface area contributed by atoms with Crippen molar-refractivity contribution in [3.63, 3.8) is 0 Å². The van der Waals surface area contributed by atoms with Crippen molar-refractivity contribution in [3.8, 4) is 5.69 Å². The Morgan fingerprint density at radius 2 is 2.04 bits per heavy atom. The molecule has 4 heterocycles. The first-order valence-corrected chi connectivity index (χ1v) is 8.62. The first-order valence-electron chi connectivity index (χ1n) is 7.87. The SMILES string of the molecule is Clc1ccc(-n2ncc3c2ncn2c([C@@H]4CCCO4)nnc32)cc1Cl. The molecule has 7 nitrogen and oxygen atoms in total. The van der Waals surface area contributed by atoms with Gasteiger partial charge in [0, 0.05) is 6.61 Å². The standard InChI is InChI=1S/C16H12Cl2N6O/c17-11-4-3-9(6-12(11)18)24-14-10(7-20-24)15-21-22-16(23(15)8-19-14)13-2-1-5-25-13/h3-4,6-8,13H,1-2,5H2/t13-/m0/s1. The predicted molar refractivity (Wildman–Crippen MR) is 93.4 cm³/mol. The molecule has 4 aromatic rings. The van der Waals surface area contributed by atoms with Gasteiger partial charge in [0.15, 0.2) is 17.1 Å². The van der Waals surface area contributed by atoms with E-state index >= 15 is 0 Å². The number of rotatable bonds is 2. The van der Waals surface area contributed by atoms with Gasteiger partial charge in [-0.05, 0) is 31.0 Å². The van der Waals surface area contributed by atoms with Crippen molar-refractivity contribution in [3.05, 3.63) is 46.6 Å². The fraction of sp³-hybridized carbons (Fsp3) is 0.250. The van der Waals surface area contributed by atoms with Crippen LogP contribution in [0.4, 0.5) is 0 Å². The van der Waals surface area contributed by atoms with E-state index in [2.05, 4.69) is 20.3 Å². The Morgan fingerprint density at radius 3 is 2.84 bits per heavy atom. The fourth-order valence-corrected chi connectivity index (χ4v) is 3.44. The normalized spacial score (nSPS) is 17.8. The van der Waals surface area contributed by atoms with E-state index in [1.54, 1.807) is 29.3 Å². The van der Waals surface area contributed by atoms with Gasteiger partial charge in [-0.2, -0.15) is 5.10 Å². The van der Waals surface area contributed by atoms with Crippen molar-refractivity contribution >= 4 is 39.9 Å². The van der Waals surface area contributed by atoms with Crippen LogP contribution >= 0.6 is 23.2 Å². The summed E-state index contributed by atoms with van der Waals surface area (Å²) in [7, 11) is 0. The highest BCUT2D eigenvalue weighted by Gasteiger charge is 2.24. The molecule has 0 saturated carbocycles. The molecular formula is C16H12Cl2N6O. The fourth-order valence-electron chi connectivity index (χ4n) is 3.14. The Bertz CT molecular complexity index is 1100. The van der Waals surface area contributed by atoms with Crippen molar-refractivity contribution in [2.45, 2.75) is 18.9 Å². The average Bonchev–Trinajstić information content (AvgIpc) is 3.34. The summed E-state index contributed by atoms with van der Waals surface area (Å²) in [6.07, 6.45) is 5.39. The van der Waals surface area contributed by atoms with Crippen molar-refractivity contribution in [2.24, 2.45) is 0 Å². The smallest absolute Gasteiger partial charge is 0.174 e. The van der Waals surface area contributed by atoms with E-state index in [-0.39, 0.29) is 6.10 Å². The van der Waals surface area contributed by atoms with Gasteiger partial charge in [0.05, 0.1) is 27.3 Å². The third kappa shape index (κ3) is 2.31. The van der Waals surface area contributed by atoms with E-state index in [4.69, 9.17) is 27.9 Å². The molecule has 0 aliphatic carbocycles. The van der Waals surface area contributed by atoms with Crippen LogP contribution in [0.3, 0.4) is 0 Å². The molecule has 1 saturated heterocycles. The maximum absolute atomic E-state index is 6.12. The van der Waals surface area contributed by atoms with Gasteiger partial charge in [-0.25, -0.2) is 9.67 Å². The van der Waals surface area contributed by atoms with Gasteiger partial charge in [0.25, 0.3) is 0 Å². The Kier molecular flexibility index (Phi) is 3.41. The molecule has 0 radical (unpaired) electrons. The molecule has 0 spiro atoms. The molecule has 126 valence electrons. The maximum Gasteiger partial charge on any atom is 0.174 e. The molecule has 1 aromatic carbocycles. The summed E-state index contributed by atoms with van der Waals surface area (Å²) in [5.41, 5.74) is 2.17. The molecule has 25 heavy (non-hydrogen) atoms. The molecule has 0 amide bonds. The topological polar surface area (TPSA) is 70.1 Å². The number of ether oxygens (including phenoxy) is 1. The lowest BCUT2D eigenvalue weighted by atomic mass is 10.2. The van der Waals surface area contributed by atoms with Crippen LogP contribution < -0.4 is 0 Å². The van der Waals surface area contributed by atoms with E-state index in [0.717, 1.165) is 36.3 Å². The average molecular weight is 375 g/mol. The number of hydrogen-bond donors (Lipinski definition) is 0. The molecule has 1 aliphatic rings. The number of hydrogen-bond acceptors (Lipinski definition) is 5. The summed E-state index contributed by atoms with van der Waals surface area (Å²) in [4.78, 5) is 4.55. The van der Waals surface area contributed by atoms with Crippen LogP contribution in [0.2, 0.25) is 10.0 Å².